The van der Waals surface area contributed by atoms with Crippen LogP contribution in [0.4, 0.5) is 13.2 Å². The van der Waals surface area contributed by atoms with Crippen LogP contribution in [0.3, 0.4) is 0 Å². The SMILES string of the molecule is COc1cc(/C=C/C(=O)OCc2ccc(CON(O)O)cc2)ccc1OC(=O)CCC/C=C\C[C@@H]1[C@@H](/C=C/[C@@H](O)COc2cccc(C(F)(F)F)c2)[C@H](O)C[C@@H]1O. The molecule has 1 fully saturated rings. The van der Waals surface area contributed by atoms with E-state index in [0.29, 0.717) is 36.0 Å². The summed E-state index contributed by atoms with van der Waals surface area (Å²) in [6, 6.07) is 15.9. The molecule has 3 aromatic carbocycles. The first-order valence-electron chi connectivity index (χ1n) is 18.0. The zero-order valence-corrected chi connectivity index (χ0v) is 31.0. The van der Waals surface area contributed by atoms with Gasteiger partial charge in [-0.3, -0.25) is 15.2 Å². The average Bonchev–Trinajstić information content (AvgIpc) is 3.45. The number of carbonyl (C=O) groups excluding carboxylic acids is 2. The second kappa shape index (κ2) is 22.0. The van der Waals surface area contributed by atoms with Gasteiger partial charge in [0.25, 0.3) is 0 Å². The number of allylic oxidation sites excluding steroid dienone is 2. The third-order valence-corrected chi connectivity index (χ3v) is 8.95. The first-order valence-corrected chi connectivity index (χ1v) is 18.0. The summed E-state index contributed by atoms with van der Waals surface area (Å²) >= 11 is 0. The fraction of sp³-hybridized carbons (Fsp3) is 0.366. The first kappa shape index (κ1) is 44.6. The van der Waals surface area contributed by atoms with Crippen LogP contribution in [-0.2, 0) is 38.6 Å². The van der Waals surface area contributed by atoms with E-state index < -0.39 is 47.9 Å². The summed E-state index contributed by atoms with van der Waals surface area (Å²) in [5.74, 6) is -1.44. The van der Waals surface area contributed by atoms with Crippen molar-refractivity contribution in [2.45, 2.75) is 69.8 Å². The maximum absolute atomic E-state index is 13.0. The van der Waals surface area contributed by atoms with Crippen molar-refractivity contribution in [1.29, 1.82) is 0 Å². The number of halogens is 3. The molecule has 1 saturated carbocycles. The highest BCUT2D eigenvalue weighted by atomic mass is 19.4. The van der Waals surface area contributed by atoms with Crippen LogP contribution in [0.25, 0.3) is 6.08 Å². The number of hydrogen-bond acceptors (Lipinski definition) is 13. The number of carbonyl (C=O) groups is 2. The number of alkyl halides is 3. The number of aliphatic hydroxyl groups is 3. The lowest BCUT2D eigenvalue weighted by Crippen LogP contribution is -2.21. The van der Waals surface area contributed by atoms with Crippen LogP contribution in [0.5, 0.6) is 17.2 Å². The Bertz CT molecular complexity index is 1830. The lowest BCUT2D eigenvalue weighted by molar-refractivity contribution is -0.497. The van der Waals surface area contributed by atoms with E-state index in [-0.39, 0.29) is 61.2 Å². The molecule has 0 aliphatic heterocycles. The molecule has 0 spiro atoms. The minimum absolute atomic E-state index is 0.0141. The monoisotopic (exact) mass is 801 g/mol. The van der Waals surface area contributed by atoms with Crippen LogP contribution >= 0.6 is 0 Å². The zero-order valence-electron chi connectivity index (χ0n) is 31.0. The van der Waals surface area contributed by atoms with E-state index >= 15 is 0 Å². The zero-order chi connectivity index (χ0) is 41.4. The number of esters is 2. The quantitative estimate of drug-likeness (QED) is 0.0213. The van der Waals surface area contributed by atoms with E-state index in [1.54, 1.807) is 48.5 Å². The van der Waals surface area contributed by atoms with E-state index in [4.69, 9.17) is 29.4 Å². The second-order valence-electron chi connectivity index (χ2n) is 13.2. The van der Waals surface area contributed by atoms with Gasteiger partial charge >= 0.3 is 18.1 Å². The summed E-state index contributed by atoms with van der Waals surface area (Å²) in [6.07, 6.45) is 3.86. The Balaban J connectivity index is 1.17. The van der Waals surface area contributed by atoms with Crippen molar-refractivity contribution in [2.75, 3.05) is 13.7 Å². The van der Waals surface area contributed by atoms with Gasteiger partial charge in [0.15, 0.2) is 11.5 Å². The van der Waals surface area contributed by atoms with E-state index in [0.717, 1.165) is 12.1 Å². The molecule has 0 heterocycles. The molecule has 0 radical (unpaired) electrons. The fourth-order valence-electron chi connectivity index (χ4n) is 5.97. The Hall–Kier alpha value is -5.07. The van der Waals surface area contributed by atoms with Crippen molar-refractivity contribution >= 4 is 18.0 Å². The molecule has 3 aromatic rings. The van der Waals surface area contributed by atoms with Gasteiger partial charge in [-0.25, -0.2) is 9.63 Å². The van der Waals surface area contributed by atoms with E-state index in [1.807, 2.05) is 12.2 Å². The predicted octanol–water partition coefficient (Wildman–Crippen LogP) is 6.36. The molecule has 4 rings (SSSR count). The van der Waals surface area contributed by atoms with Gasteiger partial charge in [0.2, 0.25) is 0 Å². The summed E-state index contributed by atoms with van der Waals surface area (Å²) in [5.41, 5.74) is 1.11. The highest BCUT2D eigenvalue weighted by molar-refractivity contribution is 5.87. The molecule has 57 heavy (non-hydrogen) atoms. The van der Waals surface area contributed by atoms with Crippen molar-refractivity contribution in [1.82, 2.24) is 5.39 Å². The van der Waals surface area contributed by atoms with E-state index in [2.05, 4.69) is 4.84 Å². The van der Waals surface area contributed by atoms with Crippen molar-refractivity contribution in [3.63, 3.8) is 0 Å². The third-order valence-electron chi connectivity index (χ3n) is 8.95. The molecule has 16 heteroatoms. The highest BCUT2D eigenvalue weighted by Crippen LogP contribution is 2.37. The molecule has 0 saturated heterocycles. The number of nitrogens with zero attached hydrogens (tertiary/aromatic N) is 1. The average molecular weight is 802 g/mol. The lowest BCUT2D eigenvalue weighted by Gasteiger charge is -2.19. The van der Waals surface area contributed by atoms with Crippen molar-refractivity contribution in [3.05, 3.63) is 119 Å². The third kappa shape index (κ3) is 15.1. The van der Waals surface area contributed by atoms with Crippen LogP contribution in [-0.4, -0.2) is 75.1 Å². The molecule has 5 N–H and O–H groups in total. The number of methoxy groups -OCH3 is 1. The molecule has 308 valence electrons. The molecular formula is C41H46F3NO12. The number of aliphatic hydroxyl groups excluding tert-OH is 3. The van der Waals surface area contributed by atoms with Gasteiger partial charge in [-0.15, -0.1) is 0 Å². The molecule has 1 aliphatic carbocycles. The summed E-state index contributed by atoms with van der Waals surface area (Å²) in [7, 11) is 1.42. The Kier molecular flexibility index (Phi) is 17.2. The van der Waals surface area contributed by atoms with Crippen molar-refractivity contribution < 1.29 is 72.3 Å². The van der Waals surface area contributed by atoms with Gasteiger partial charge in [0, 0.05) is 24.8 Å². The molecule has 1 aliphatic rings. The summed E-state index contributed by atoms with van der Waals surface area (Å²) < 4.78 is 60.3. The summed E-state index contributed by atoms with van der Waals surface area (Å²) in [4.78, 5) is 29.4. The molecule has 5 atom stereocenters. The van der Waals surface area contributed by atoms with Crippen LogP contribution < -0.4 is 14.2 Å². The molecule has 0 amide bonds. The van der Waals surface area contributed by atoms with E-state index in [9.17, 15) is 38.1 Å². The summed E-state index contributed by atoms with van der Waals surface area (Å²) in [6.45, 7) is -0.350. The number of hydrogen-bond donors (Lipinski definition) is 5. The molecular weight excluding hydrogens is 755 g/mol. The molecule has 0 aromatic heterocycles. The topological polar surface area (TPSA) is 185 Å². The molecule has 0 unspecified atom stereocenters. The van der Waals surface area contributed by atoms with Gasteiger partial charge in [-0.05, 0) is 78.3 Å². The Morgan fingerprint density at radius 1 is 0.947 bits per heavy atom. The Morgan fingerprint density at radius 2 is 1.68 bits per heavy atom. The number of rotatable bonds is 20. The standard InChI is InChI=1S/C41H46F3NO12/c1-53-38-21-27(16-20-39(49)55-24-28-11-13-29(14-12-28)25-56-45(51)52)15-19-37(38)57-40(50)10-5-3-2-4-9-33-34(36(48)23-35(33)47)18-17-31(46)26-54-32-8-6-7-30(22-32)41(42,43)44/h2,4,6-8,11-22,31,33-36,46-48,51-52H,3,5,9-10,23-26H2,1H3/b4-2-,18-17+,20-16+/t31-,33-,34-,35+,36-/m1/s1. The molecule has 0 bridgehead atoms. The first-order chi connectivity index (χ1) is 27.2. The normalized spacial score (nSPS) is 19.1. The van der Waals surface area contributed by atoms with Gasteiger partial charge in [0.1, 0.15) is 25.1 Å². The minimum atomic E-state index is -4.52. The second-order valence-corrected chi connectivity index (χ2v) is 13.2. The van der Waals surface area contributed by atoms with Crippen LogP contribution in [0, 0.1) is 11.8 Å². The maximum atomic E-state index is 13.0. The van der Waals surface area contributed by atoms with Crippen molar-refractivity contribution in [3.8, 4) is 17.2 Å². The fourth-order valence-corrected chi connectivity index (χ4v) is 5.97. The maximum Gasteiger partial charge on any atom is 0.416 e. The van der Waals surface area contributed by atoms with Crippen LogP contribution in [0.15, 0.2) is 97.1 Å². The smallest absolute Gasteiger partial charge is 0.416 e. The highest BCUT2D eigenvalue weighted by Gasteiger charge is 2.39. The number of ether oxygens (including phenoxy) is 4. The van der Waals surface area contributed by atoms with Gasteiger partial charge in [-0.2, -0.15) is 13.2 Å². The Morgan fingerprint density at radius 3 is 2.39 bits per heavy atom. The van der Waals surface area contributed by atoms with Crippen LogP contribution in [0.2, 0.25) is 0 Å². The number of benzene rings is 3. The van der Waals surface area contributed by atoms with Crippen LogP contribution in [0.1, 0.15) is 54.4 Å². The van der Waals surface area contributed by atoms with Gasteiger partial charge in [0.05, 0.1) is 36.9 Å². The van der Waals surface area contributed by atoms with E-state index in [1.165, 1.54) is 37.5 Å². The van der Waals surface area contributed by atoms with Gasteiger partial charge < -0.3 is 34.3 Å². The Labute approximate surface area is 327 Å². The van der Waals surface area contributed by atoms with Gasteiger partial charge in [-0.1, -0.05) is 60.7 Å². The van der Waals surface area contributed by atoms with Crippen molar-refractivity contribution in [2.24, 2.45) is 11.8 Å². The number of unbranched alkanes of at least 4 members (excludes halogenated alkanes) is 1. The summed E-state index contributed by atoms with van der Waals surface area (Å²) in [5, 5.41) is 48.3. The minimum Gasteiger partial charge on any atom is -0.493 e. The lowest BCUT2D eigenvalue weighted by atomic mass is 9.89. The predicted molar refractivity (Wildman–Crippen MR) is 197 cm³/mol. The molecule has 13 nitrogen and oxygen atoms in total. The largest absolute Gasteiger partial charge is 0.493 e.